The van der Waals surface area contributed by atoms with E-state index in [0.29, 0.717) is 5.92 Å². The molecule has 0 aliphatic heterocycles. The van der Waals surface area contributed by atoms with Gasteiger partial charge in [-0.3, -0.25) is 4.68 Å². The second-order valence-corrected chi connectivity index (χ2v) is 4.89. The molecule has 0 saturated heterocycles. The Morgan fingerprint density at radius 1 is 1.50 bits per heavy atom. The highest BCUT2D eigenvalue weighted by Gasteiger charge is 2.21. The van der Waals surface area contributed by atoms with Crippen molar-refractivity contribution < 1.29 is 5.11 Å². The van der Waals surface area contributed by atoms with Crippen molar-refractivity contribution in [3.63, 3.8) is 0 Å². The molecule has 0 saturated carbocycles. The normalized spacial score (nSPS) is 12.4. The van der Waals surface area contributed by atoms with E-state index in [-0.39, 0.29) is 12.0 Å². The summed E-state index contributed by atoms with van der Waals surface area (Å²) in [6.07, 6.45) is 3.87. The highest BCUT2D eigenvalue weighted by molar-refractivity contribution is 5.16. The minimum atomic E-state index is -0.185. The maximum atomic E-state index is 9.20. The summed E-state index contributed by atoms with van der Waals surface area (Å²) >= 11 is 0. The van der Waals surface area contributed by atoms with Crippen LogP contribution in [0.15, 0.2) is 12.4 Å². The fourth-order valence-electron chi connectivity index (χ4n) is 1.28. The van der Waals surface area contributed by atoms with Crippen molar-refractivity contribution >= 4 is 0 Å². The van der Waals surface area contributed by atoms with E-state index in [1.165, 1.54) is 0 Å². The molecule has 1 rings (SSSR count). The quantitative estimate of drug-likeness (QED) is 0.797. The lowest BCUT2D eigenvalue weighted by Gasteiger charge is -2.19. The zero-order valence-electron chi connectivity index (χ0n) is 9.49. The molecule has 3 nitrogen and oxygen atoms in total. The predicted molar refractivity (Wildman–Crippen MR) is 57.2 cm³/mol. The largest absolute Gasteiger partial charge is 0.395 e. The van der Waals surface area contributed by atoms with E-state index in [9.17, 15) is 5.11 Å². The molecule has 3 heteroatoms. The van der Waals surface area contributed by atoms with Crippen molar-refractivity contribution in [3.05, 3.63) is 18.0 Å². The van der Waals surface area contributed by atoms with Gasteiger partial charge in [0.15, 0.2) is 0 Å². The summed E-state index contributed by atoms with van der Waals surface area (Å²) in [6, 6.07) is 0. The maximum Gasteiger partial charge on any atom is 0.0528 e. The number of aliphatic hydroxyl groups is 1. The van der Waals surface area contributed by atoms with Crippen molar-refractivity contribution in [2.45, 2.75) is 39.7 Å². The lowest BCUT2D eigenvalue weighted by molar-refractivity contribution is 0.218. The zero-order valence-corrected chi connectivity index (χ0v) is 9.49. The molecule has 0 spiro atoms. The third-order valence-corrected chi connectivity index (χ3v) is 2.36. The molecule has 1 N–H and O–H groups in total. The molecule has 0 aliphatic carbocycles. The zero-order chi connectivity index (χ0) is 10.8. The van der Waals surface area contributed by atoms with Crippen molar-refractivity contribution in [3.8, 4) is 0 Å². The van der Waals surface area contributed by atoms with E-state index < -0.39 is 0 Å². The first kappa shape index (κ1) is 11.2. The molecular formula is C11H20N2O. The molecule has 80 valence electrons. The van der Waals surface area contributed by atoms with Crippen LogP contribution in [-0.4, -0.2) is 21.5 Å². The van der Waals surface area contributed by atoms with Gasteiger partial charge in [0.2, 0.25) is 0 Å². The minimum absolute atomic E-state index is 0.153. The molecule has 0 radical (unpaired) electrons. The molecule has 1 aromatic rings. The molecule has 0 fully saturated rings. The summed E-state index contributed by atoms with van der Waals surface area (Å²) in [5, 5.41) is 13.5. The number of hydrogen-bond acceptors (Lipinski definition) is 2. The van der Waals surface area contributed by atoms with E-state index in [4.69, 9.17) is 0 Å². The smallest absolute Gasteiger partial charge is 0.0528 e. The Labute approximate surface area is 85.8 Å². The van der Waals surface area contributed by atoms with Crippen LogP contribution < -0.4 is 0 Å². The Morgan fingerprint density at radius 3 is 2.64 bits per heavy atom. The molecule has 0 aromatic carbocycles. The van der Waals surface area contributed by atoms with Gasteiger partial charge in [0.1, 0.15) is 0 Å². The van der Waals surface area contributed by atoms with Gasteiger partial charge in [-0.15, -0.1) is 0 Å². The molecule has 1 aromatic heterocycles. The van der Waals surface area contributed by atoms with Gasteiger partial charge in [0, 0.05) is 18.2 Å². The number of aromatic nitrogens is 2. The lowest BCUT2D eigenvalue weighted by Crippen LogP contribution is -2.21. The molecular weight excluding hydrogens is 176 g/mol. The van der Waals surface area contributed by atoms with Crippen LogP contribution >= 0.6 is 0 Å². The Hall–Kier alpha value is -0.830. The van der Waals surface area contributed by atoms with Crippen LogP contribution in [0, 0.1) is 5.92 Å². The van der Waals surface area contributed by atoms with Gasteiger partial charge in [0.05, 0.1) is 12.8 Å². The number of nitrogens with zero attached hydrogens (tertiary/aromatic N) is 2. The molecule has 0 aliphatic rings. The fourth-order valence-corrected chi connectivity index (χ4v) is 1.28. The third kappa shape index (κ3) is 2.58. The van der Waals surface area contributed by atoms with Crippen LogP contribution in [0.2, 0.25) is 0 Å². The summed E-state index contributed by atoms with van der Waals surface area (Å²) < 4.78 is 1.94. The minimum Gasteiger partial charge on any atom is -0.395 e. The lowest BCUT2D eigenvalue weighted by atomic mass is 9.88. The summed E-state index contributed by atoms with van der Waals surface area (Å²) in [4.78, 5) is 0. The topological polar surface area (TPSA) is 38.0 Å². The Balaban J connectivity index is 2.77. The van der Waals surface area contributed by atoms with Crippen molar-refractivity contribution in [1.82, 2.24) is 9.78 Å². The van der Waals surface area contributed by atoms with Crippen LogP contribution in [0.4, 0.5) is 0 Å². The highest BCUT2D eigenvalue weighted by atomic mass is 16.3. The summed E-state index contributed by atoms with van der Waals surface area (Å²) in [5.74, 6) is 0.597. The van der Waals surface area contributed by atoms with Crippen LogP contribution in [0.25, 0.3) is 0 Å². The van der Waals surface area contributed by atoms with Gasteiger partial charge in [-0.1, -0.05) is 27.7 Å². The first-order valence-electron chi connectivity index (χ1n) is 5.09. The van der Waals surface area contributed by atoms with Gasteiger partial charge in [-0.05, 0) is 11.5 Å². The Kier molecular flexibility index (Phi) is 3.32. The Bertz CT molecular complexity index is 289. The third-order valence-electron chi connectivity index (χ3n) is 2.36. The SMILES string of the molecule is CC(C)Cn1cc(C(C)(C)CO)cn1. The van der Waals surface area contributed by atoms with Crippen LogP contribution in [0.3, 0.4) is 0 Å². The first-order chi connectivity index (χ1) is 6.45. The van der Waals surface area contributed by atoms with Crippen LogP contribution in [-0.2, 0) is 12.0 Å². The van der Waals surface area contributed by atoms with E-state index in [2.05, 4.69) is 18.9 Å². The number of aliphatic hydroxyl groups excluding tert-OH is 1. The second-order valence-electron chi connectivity index (χ2n) is 4.89. The van der Waals surface area contributed by atoms with Crippen LogP contribution in [0.1, 0.15) is 33.3 Å². The molecule has 0 bridgehead atoms. The number of rotatable bonds is 4. The highest BCUT2D eigenvalue weighted by Crippen LogP contribution is 2.21. The van der Waals surface area contributed by atoms with Crippen molar-refractivity contribution in [1.29, 1.82) is 0 Å². The molecule has 0 amide bonds. The predicted octanol–water partition coefficient (Wildman–Crippen LogP) is 1.81. The summed E-state index contributed by atoms with van der Waals surface area (Å²) in [7, 11) is 0. The summed E-state index contributed by atoms with van der Waals surface area (Å²) in [6.45, 7) is 9.45. The fraction of sp³-hybridized carbons (Fsp3) is 0.727. The van der Waals surface area contributed by atoms with Gasteiger partial charge in [-0.25, -0.2) is 0 Å². The van der Waals surface area contributed by atoms with Gasteiger partial charge in [-0.2, -0.15) is 5.10 Å². The van der Waals surface area contributed by atoms with Gasteiger partial charge >= 0.3 is 0 Å². The molecule has 0 unspecified atom stereocenters. The number of hydrogen-bond donors (Lipinski definition) is 1. The van der Waals surface area contributed by atoms with Crippen molar-refractivity contribution in [2.75, 3.05) is 6.61 Å². The van der Waals surface area contributed by atoms with Crippen molar-refractivity contribution in [2.24, 2.45) is 5.92 Å². The monoisotopic (exact) mass is 196 g/mol. The van der Waals surface area contributed by atoms with E-state index in [1.54, 1.807) is 0 Å². The summed E-state index contributed by atoms with van der Waals surface area (Å²) in [5.41, 5.74) is 0.913. The first-order valence-corrected chi connectivity index (χ1v) is 5.09. The van der Waals surface area contributed by atoms with Gasteiger partial charge < -0.3 is 5.11 Å². The average molecular weight is 196 g/mol. The maximum absolute atomic E-state index is 9.20. The Morgan fingerprint density at radius 2 is 2.14 bits per heavy atom. The molecule has 0 atom stereocenters. The standard InChI is InChI=1S/C11H20N2O/c1-9(2)6-13-7-10(5-12-13)11(3,4)8-14/h5,7,9,14H,6,8H2,1-4H3. The van der Waals surface area contributed by atoms with E-state index in [1.807, 2.05) is 30.9 Å². The second kappa shape index (κ2) is 4.13. The molecule has 14 heavy (non-hydrogen) atoms. The van der Waals surface area contributed by atoms with E-state index in [0.717, 1.165) is 12.1 Å². The average Bonchev–Trinajstić information content (AvgIpc) is 2.52. The molecule has 1 heterocycles. The van der Waals surface area contributed by atoms with Gasteiger partial charge in [0.25, 0.3) is 0 Å². The van der Waals surface area contributed by atoms with E-state index >= 15 is 0 Å². The van der Waals surface area contributed by atoms with Crippen LogP contribution in [0.5, 0.6) is 0 Å².